The first kappa shape index (κ1) is 20.3. The van der Waals surface area contributed by atoms with Crippen LogP contribution in [0.2, 0.25) is 0 Å². The monoisotopic (exact) mass is 347 g/mol. The molecule has 0 radical (unpaired) electrons. The van der Waals surface area contributed by atoms with Crippen molar-refractivity contribution in [2.75, 3.05) is 6.61 Å². The molecule has 0 aliphatic heterocycles. The Bertz CT molecular complexity index is 539. The minimum Gasteiger partial charge on any atom is -0.444 e. The molecule has 1 aromatic rings. The third-order valence-corrected chi connectivity index (χ3v) is 3.17. The van der Waals surface area contributed by atoms with Crippen molar-refractivity contribution in [2.24, 2.45) is 0 Å². The van der Waals surface area contributed by atoms with Gasteiger partial charge in [-0.05, 0) is 51.7 Å². The molecule has 1 unspecified atom stereocenters. The average Bonchev–Trinajstić information content (AvgIpc) is 2.42. The molecule has 0 spiro atoms. The molecule has 1 rings (SSSR count). The van der Waals surface area contributed by atoms with Crippen molar-refractivity contribution < 1.29 is 27.8 Å². The first-order valence-electron chi connectivity index (χ1n) is 7.78. The Morgan fingerprint density at radius 3 is 2.50 bits per heavy atom. The number of aliphatic hydroxyl groups excluding tert-OH is 1. The molecule has 0 fully saturated rings. The molecular formula is C17H24F3NO3. The molecule has 1 atom stereocenters. The molecule has 1 aromatic carbocycles. The molecule has 2 N–H and O–H groups in total. The summed E-state index contributed by atoms with van der Waals surface area (Å²) in [5.41, 5.74) is -0.927. The number of carbonyl (C=O) groups excluding carboxylic acids is 1. The molecule has 1 amide bonds. The van der Waals surface area contributed by atoms with Gasteiger partial charge in [-0.25, -0.2) is 4.79 Å². The Balaban J connectivity index is 2.80. The van der Waals surface area contributed by atoms with Crippen LogP contribution in [0, 0.1) is 0 Å². The van der Waals surface area contributed by atoms with E-state index in [1.54, 1.807) is 26.8 Å². The molecule has 0 bridgehead atoms. The van der Waals surface area contributed by atoms with Crippen LogP contribution in [0.5, 0.6) is 0 Å². The van der Waals surface area contributed by atoms with Gasteiger partial charge in [0.2, 0.25) is 0 Å². The zero-order valence-corrected chi connectivity index (χ0v) is 14.1. The van der Waals surface area contributed by atoms with Crippen molar-refractivity contribution in [1.82, 2.24) is 5.32 Å². The van der Waals surface area contributed by atoms with Gasteiger partial charge in [0.05, 0.1) is 5.56 Å². The summed E-state index contributed by atoms with van der Waals surface area (Å²) in [6, 6.07) is 4.58. The van der Waals surface area contributed by atoms with Crippen molar-refractivity contribution in [3.8, 4) is 0 Å². The van der Waals surface area contributed by atoms with Gasteiger partial charge in [0, 0.05) is 12.6 Å². The zero-order valence-electron chi connectivity index (χ0n) is 14.1. The lowest BCUT2D eigenvalue weighted by molar-refractivity contribution is -0.137. The predicted octanol–water partition coefficient (Wildman–Crippen LogP) is 3.91. The number of rotatable bonds is 6. The molecule has 0 aromatic heterocycles. The van der Waals surface area contributed by atoms with Gasteiger partial charge in [0.1, 0.15) is 5.60 Å². The van der Waals surface area contributed by atoms with Crippen LogP contribution in [-0.2, 0) is 17.3 Å². The number of alkyl halides is 3. The van der Waals surface area contributed by atoms with Crippen molar-refractivity contribution in [3.05, 3.63) is 35.4 Å². The number of halogens is 3. The van der Waals surface area contributed by atoms with Crippen molar-refractivity contribution >= 4 is 6.09 Å². The number of hydrogen-bond acceptors (Lipinski definition) is 3. The minimum atomic E-state index is -4.41. The molecule has 0 saturated heterocycles. The molecule has 0 saturated carbocycles. The second-order valence-corrected chi connectivity index (χ2v) is 6.61. The summed E-state index contributed by atoms with van der Waals surface area (Å²) in [5, 5.41) is 11.6. The maximum absolute atomic E-state index is 12.8. The SMILES string of the molecule is CC(C)(C)OC(=O)NC(CCCO)Cc1cccc(C(F)(F)F)c1. The van der Waals surface area contributed by atoms with E-state index in [9.17, 15) is 18.0 Å². The van der Waals surface area contributed by atoms with Gasteiger partial charge >= 0.3 is 12.3 Å². The molecule has 0 heterocycles. The van der Waals surface area contributed by atoms with E-state index in [4.69, 9.17) is 9.84 Å². The normalized spacial score (nSPS) is 13.5. The van der Waals surface area contributed by atoms with Crippen molar-refractivity contribution in [1.29, 1.82) is 0 Å². The topological polar surface area (TPSA) is 58.6 Å². The van der Waals surface area contributed by atoms with Gasteiger partial charge in [-0.3, -0.25) is 0 Å². The predicted molar refractivity (Wildman–Crippen MR) is 84.6 cm³/mol. The fraction of sp³-hybridized carbons (Fsp3) is 0.588. The van der Waals surface area contributed by atoms with Crippen LogP contribution < -0.4 is 5.32 Å². The number of aliphatic hydroxyl groups is 1. The fourth-order valence-electron chi connectivity index (χ4n) is 2.20. The van der Waals surface area contributed by atoms with Crippen LogP contribution in [-0.4, -0.2) is 29.4 Å². The Kier molecular flexibility index (Phi) is 7.08. The van der Waals surface area contributed by atoms with Crippen molar-refractivity contribution in [3.63, 3.8) is 0 Å². The fourth-order valence-corrected chi connectivity index (χ4v) is 2.20. The number of nitrogens with one attached hydrogen (secondary N) is 1. The molecule has 0 aliphatic carbocycles. The van der Waals surface area contributed by atoms with Gasteiger partial charge in [-0.15, -0.1) is 0 Å². The van der Waals surface area contributed by atoms with E-state index < -0.39 is 29.5 Å². The van der Waals surface area contributed by atoms with Gasteiger partial charge in [-0.1, -0.05) is 18.2 Å². The van der Waals surface area contributed by atoms with Gasteiger partial charge in [-0.2, -0.15) is 13.2 Å². The largest absolute Gasteiger partial charge is 0.444 e. The third kappa shape index (κ3) is 7.68. The second-order valence-electron chi connectivity index (χ2n) is 6.61. The number of hydrogen-bond donors (Lipinski definition) is 2. The number of alkyl carbamates (subject to hydrolysis) is 1. The van der Waals surface area contributed by atoms with Crippen molar-refractivity contribution in [2.45, 2.75) is 57.9 Å². The first-order chi connectivity index (χ1) is 11.0. The Morgan fingerprint density at radius 1 is 1.29 bits per heavy atom. The summed E-state index contributed by atoms with van der Waals surface area (Å²) in [6.07, 6.45) is -3.94. The van der Waals surface area contributed by atoms with E-state index in [2.05, 4.69) is 5.32 Å². The highest BCUT2D eigenvalue weighted by molar-refractivity contribution is 5.68. The summed E-state index contributed by atoms with van der Waals surface area (Å²) in [6.45, 7) is 5.11. The summed E-state index contributed by atoms with van der Waals surface area (Å²) in [5.74, 6) is 0. The lowest BCUT2D eigenvalue weighted by Gasteiger charge is -2.24. The van der Waals surface area contributed by atoms with E-state index in [1.165, 1.54) is 6.07 Å². The number of amides is 1. The summed E-state index contributed by atoms with van der Waals surface area (Å²) in [4.78, 5) is 11.9. The van der Waals surface area contributed by atoms with Crippen LogP contribution in [0.4, 0.5) is 18.0 Å². The van der Waals surface area contributed by atoms with Crippen LogP contribution in [0.1, 0.15) is 44.7 Å². The third-order valence-electron chi connectivity index (χ3n) is 3.17. The molecule has 0 aliphatic rings. The summed E-state index contributed by atoms with van der Waals surface area (Å²) < 4.78 is 43.5. The standard InChI is InChI=1S/C17H24F3NO3/c1-16(2,3)24-15(23)21-14(8-5-9-22)11-12-6-4-7-13(10-12)17(18,19)20/h4,6-7,10,14,22H,5,8-9,11H2,1-3H3,(H,21,23). The van der Waals surface area contributed by atoms with E-state index in [0.29, 0.717) is 18.4 Å². The highest BCUT2D eigenvalue weighted by Crippen LogP contribution is 2.29. The van der Waals surface area contributed by atoms with Crippen LogP contribution in [0.25, 0.3) is 0 Å². The zero-order chi connectivity index (χ0) is 18.4. The molecular weight excluding hydrogens is 323 g/mol. The molecule has 24 heavy (non-hydrogen) atoms. The second kappa shape index (κ2) is 8.37. The Morgan fingerprint density at radius 2 is 1.96 bits per heavy atom. The number of benzene rings is 1. The highest BCUT2D eigenvalue weighted by Gasteiger charge is 2.30. The maximum atomic E-state index is 12.8. The first-order valence-corrected chi connectivity index (χ1v) is 7.78. The quantitative estimate of drug-likeness (QED) is 0.820. The Labute approximate surface area is 140 Å². The summed E-state index contributed by atoms with van der Waals surface area (Å²) >= 11 is 0. The molecule has 4 nitrogen and oxygen atoms in total. The van der Waals surface area contributed by atoms with E-state index in [1.807, 2.05) is 0 Å². The van der Waals surface area contributed by atoms with E-state index >= 15 is 0 Å². The number of carbonyl (C=O) groups is 1. The minimum absolute atomic E-state index is 0.0604. The number of ether oxygens (including phenoxy) is 1. The van der Waals surface area contributed by atoms with Crippen LogP contribution in [0.15, 0.2) is 24.3 Å². The van der Waals surface area contributed by atoms with Crippen LogP contribution >= 0.6 is 0 Å². The van der Waals surface area contributed by atoms with Gasteiger partial charge in [0.25, 0.3) is 0 Å². The highest BCUT2D eigenvalue weighted by atomic mass is 19.4. The summed E-state index contributed by atoms with van der Waals surface area (Å²) in [7, 11) is 0. The maximum Gasteiger partial charge on any atom is 0.416 e. The molecule has 7 heteroatoms. The lowest BCUT2D eigenvalue weighted by atomic mass is 10.00. The molecule has 136 valence electrons. The van der Waals surface area contributed by atoms with E-state index in [-0.39, 0.29) is 13.0 Å². The van der Waals surface area contributed by atoms with Crippen LogP contribution in [0.3, 0.4) is 0 Å². The lowest BCUT2D eigenvalue weighted by Crippen LogP contribution is -2.40. The van der Waals surface area contributed by atoms with Gasteiger partial charge in [0.15, 0.2) is 0 Å². The smallest absolute Gasteiger partial charge is 0.416 e. The Hall–Kier alpha value is -1.76. The van der Waals surface area contributed by atoms with Gasteiger partial charge < -0.3 is 15.2 Å². The van der Waals surface area contributed by atoms with E-state index in [0.717, 1.165) is 12.1 Å². The average molecular weight is 347 g/mol.